The van der Waals surface area contributed by atoms with Gasteiger partial charge in [0, 0.05) is 7.05 Å². The van der Waals surface area contributed by atoms with E-state index in [1.165, 1.54) is 11.3 Å². The Labute approximate surface area is 125 Å². The summed E-state index contributed by atoms with van der Waals surface area (Å²) in [4.78, 5) is 35.2. The number of fused-ring (bicyclic) bond motifs is 1. The quantitative estimate of drug-likeness (QED) is 0.822. The summed E-state index contributed by atoms with van der Waals surface area (Å²) in [6.07, 6.45) is 0.601. The minimum atomic E-state index is -0.398. The number of nitrogens with zero attached hydrogens (tertiary/aromatic N) is 3. The smallest absolute Gasteiger partial charge is 0.249 e. The number of hydrogen-bond donors (Lipinski definition) is 2. The van der Waals surface area contributed by atoms with Gasteiger partial charge in [0.05, 0.1) is 11.9 Å². The lowest BCUT2D eigenvalue weighted by Gasteiger charge is -2.34. The molecule has 2 aromatic heterocycles. The van der Waals surface area contributed by atoms with Crippen LogP contribution < -0.4 is 15.5 Å². The fraction of sp³-hybridized carbons (Fsp3) is 0.385. The van der Waals surface area contributed by atoms with Crippen molar-refractivity contribution in [3.05, 3.63) is 11.4 Å². The Morgan fingerprint density at radius 2 is 2.29 bits per heavy atom. The van der Waals surface area contributed by atoms with Crippen LogP contribution in [0.1, 0.15) is 13.3 Å². The van der Waals surface area contributed by atoms with E-state index in [2.05, 4.69) is 20.6 Å². The van der Waals surface area contributed by atoms with Crippen LogP contribution in [0.15, 0.2) is 11.4 Å². The van der Waals surface area contributed by atoms with Crippen LogP contribution >= 0.6 is 11.3 Å². The highest BCUT2D eigenvalue weighted by molar-refractivity contribution is 7.16. The van der Waals surface area contributed by atoms with Gasteiger partial charge in [-0.2, -0.15) is 4.98 Å². The molecule has 3 heterocycles. The number of thiophene rings is 1. The number of anilines is 2. The number of piperazine rings is 1. The molecule has 2 amide bonds. The van der Waals surface area contributed by atoms with Gasteiger partial charge in [-0.3, -0.25) is 14.9 Å². The molecule has 110 valence electrons. The van der Waals surface area contributed by atoms with E-state index in [0.29, 0.717) is 18.2 Å². The molecular formula is C13H15N5O2S. The molecule has 1 saturated heterocycles. The highest BCUT2D eigenvalue weighted by atomic mass is 32.1. The van der Waals surface area contributed by atoms with Crippen molar-refractivity contribution in [2.45, 2.75) is 19.4 Å². The summed E-state index contributed by atoms with van der Waals surface area (Å²) in [6.45, 7) is 2.04. The molecular weight excluding hydrogens is 290 g/mol. The van der Waals surface area contributed by atoms with Crippen LogP contribution in [0.3, 0.4) is 0 Å². The maximum absolute atomic E-state index is 12.0. The van der Waals surface area contributed by atoms with Crippen molar-refractivity contribution in [1.82, 2.24) is 15.3 Å². The van der Waals surface area contributed by atoms with Crippen LogP contribution in [0.5, 0.6) is 0 Å². The van der Waals surface area contributed by atoms with E-state index in [1.807, 2.05) is 18.4 Å². The predicted molar refractivity (Wildman–Crippen MR) is 81.5 cm³/mol. The van der Waals surface area contributed by atoms with Crippen molar-refractivity contribution < 1.29 is 9.59 Å². The number of nitrogens with one attached hydrogen (secondary N) is 2. The van der Waals surface area contributed by atoms with E-state index < -0.39 is 6.04 Å². The van der Waals surface area contributed by atoms with Crippen LogP contribution in [0, 0.1) is 0 Å². The SMILES string of the molecule is CCC1C(=O)NC(=O)CN1c1nc(NC)nc2sccc12. The minimum Gasteiger partial charge on any atom is -0.357 e. The van der Waals surface area contributed by atoms with Gasteiger partial charge in [-0.05, 0) is 17.9 Å². The average Bonchev–Trinajstić information content (AvgIpc) is 2.93. The molecule has 1 atom stereocenters. The molecule has 0 aromatic carbocycles. The lowest BCUT2D eigenvalue weighted by Crippen LogP contribution is -2.58. The zero-order valence-electron chi connectivity index (χ0n) is 11.7. The van der Waals surface area contributed by atoms with Gasteiger partial charge in [0.25, 0.3) is 0 Å². The van der Waals surface area contributed by atoms with E-state index >= 15 is 0 Å². The number of hydrogen-bond acceptors (Lipinski definition) is 7. The summed E-state index contributed by atoms with van der Waals surface area (Å²) in [5.74, 6) is 0.522. The lowest BCUT2D eigenvalue weighted by atomic mass is 10.1. The number of carbonyl (C=O) groups excluding carboxylic acids is 2. The van der Waals surface area contributed by atoms with Gasteiger partial charge < -0.3 is 10.2 Å². The maximum atomic E-state index is 12.0. The highest BCUT2D eigenvalue weighted by Gasteiger charge is 2.34. The van der Waals surface area contributed by atoms with E-state index in [-0.39, 0.29) is 18.4 Å². The number of amides is 2. The summed E-state index contributed by atoms with van der Waals surface area (Å²) in [5, 5.41) is 8.08. The normalized spacial score (nSPS) is 19.0. The molecule has 0 radical (unpaired) electrons. The van der Waals surface area contributed by atoms with E-state index in [9.17, 15) is 9.59 Å². The van der Waals surface area contributed by atoms with E-state index in [0.717, 1.165) is 10.2 Å². The third-order valence-corrected chi connectivity index (χ3v) is 4.25. The summed E-state index contributed by atoms with van der Waals surface area (Å²) in [7, 11) is 1.74. The van der Waals surface area contributed by atoms with Crippen molar-refractivity contribution in [2.75, 3.05) is 23.8 Å². The number of carbonyl (C=O) groups is 2. The number of imide groups is 1. The first kappa shape index (κ1) is 13.7. The van der Waals surface area contributed by atoms with Gasteiger partial charge in [-0.15, -0.1) is 11.3 Å². The van der Waals surface area contributed by atoms with Crippen molar-refractivity contribution in [2.24, 2.45) is 0 Å². The molecule has 8 heteroatoms. The lowest BCUT2D eigenvalue weighted by molar-refractivity contribution is -0.132. The molecule has 3 rings (SSSR count). The first-order valence-corrected chi connectivity index (χ1v) is 7.55. The molecule has 0 bridgehead atoms. The van der Waals surface area contributed by atoms with Crippen LogP contribution in [-0.4, -0.2) is 41.4 Å². The van der Waals surface area contributed by atoms with Crippen LogP contribution in [-0.2, 0) is 9.59 Å². The number of aromatic nitrogens is 2. The zero-order chi connectivity index (χ0) is 15.0. The second kappa shape index (κ2) is 5.28. The van der Waals surface area contributed by atoms with Gasteiger partial charge in [0.15, 0.2) is 0 Å². The predicted octanol–water partition coefficient (Wildman–Crippen LogP) is 0.974. The Balaban J connectivity index is 2.14. The van der Waals surface area contributed by atoms with Crippen LogP contribution in [0.4, 0.5) is 11.8 Å². The minimum absolute atomic E-state index is 0.120. The fourth-order valence-electron chi connectivity index (χ4n) is 2.47. The standard InChI is InChI=1S/C13H15N5O2S/c1-3-8-11(20)15-9(19)6-18(8)10-7-4-5-21-12(7)17-13(14-2)16-10/h4-5,8H,3,6H2,1-2H3,(H,14,16,17)(H,15,19,20). The second-order valence-corrected chi connectivity index (χ2v) is 5.62. The first-order chi connectivity index (χ1) is 10.1. The van der Waals surface area contributed by atoms with Gasteiger partial charge in [-0.25, -0.2) is 4.98 Å². The molecule has 1 aliphatic heterocycles. The molecule has 2 aromatic rings. The zero-order valence-corrected chi connectivity index (χ0v) is 12.5. The molecule has 1 unspecified atom stereocenters. The fourth-order valence-corrected chi connectivity index (χ4v) is 3.22. The van der Waals surface area contributed by atoms with Gasteiger partial charge in [0.2, 0.25) is 17.8 Å². The van der Waals surface area contributed by atoms with Gasteiger partial charge in [0.1, 0.15) is 16.7 Å². The van der Waals surface area contributed by atoms with Gasteiger partial charge in [-0.1, -0.05) is 6.92 Å². The summed E-state index contributed by atoms with van der Waals surface area (Å²) in [6, 6.07) is 1.52. The topological polar surface area (TPSA) is 87.2 Å². The molecule has 0 aliphatic carbocycles. The van der Waals surface area contributed by atoms with E-state index in [1.54, 1.807) is 11.9 Å². The van der Waals surface area contributed by atoms with E-state index in [4.69, 9.17) is 0 Å². The third-order valence-electron chi connectivity index (χ3n) is 3.44. The molecule has 0 spiro atoms. The van der Waals surface area contributed by atoms with Gasteiger partial charge >= 0.3 is 0 Å². The van der Waals surface area contributed by atoms with Crippen molar-refractivity contribution in [3.63, 3.8) is 0 Å². The van der Waals surface area contributed by atoms with Crippen LogP contribution in [0.2, 0.25) is 0 Å². The summed E-state index contributed by atoms with van der Waals surface area (Å²) >= 11 is 1.50. The first-order valence-electron chi connectivity index (χ1n) is 6.67. The molecule has 1 fully saturated rings. The maximum Gasteiger partial charge on any atom is 0.249 e. The molecule has 0 saturated carbocycles. The Hall–Kier alpha value is -2.22. The Bertz CT molecular complexity index is 714. The van der Waals surface area contributed by atoms with Crippen molar-refractivity contribution in [3.8, 4) is 0 Å². The van der Waals surface area contributed by atoms with Crippen LogP contribution in [0.25, 0.3) is 10.2 Å². The monoisotopic (exact) mass is 305 g/mol. The summed E-state index contributed by atoms with van der Waals surface area (Å²) in [5.41, 5.74) is 0. The second-order valence-electron chi connectivity index (χ2n) is 4.72. The van der Waals surface area contributed by atoms with Crippen molar-refractivity contribution >= 4 is 45.1 Å². The molecule has 21 heavy (non-hydrogen) atoms. The molecule has 2 N–H and O–H groups in total. The molecule has 1 aliphatic rings. The average molecular weight is 305 g/mol. The van der Waals surface area contributed by atoms with Crippen molar-refractivity contribution in [1.29, 1.82) is 0 Å². The number of rotatable bonds is 3. The Kier molecular flexibility index (Phi) is 3.46. The largest absolute Gasteiger partial charge is 0.357 e. The Morgan fingerprint density at radius 3 is 3.00 bits per heavy atom. The molecule has 7 nitrogen and oxygen atoms in total. The summed E-state index contributed by atoms with van der Waals surface area (Å²) < 4.78 is 0. The Morgan fingerprint density at radius 1 is 1.48 bits per heavy atom. The highest BCUT2D eigenvalue weighted by Crippen LogP contribution is 2.31. The third kappa shape index (κ3) is 2.31.